The van der Waals surface area contributed by atoms with Crippen LogP contribution in [0.4, 0.5) is 0 Å². The number of aliphatic hydroxyl groups is 1. The van der Waals surface area contributed by atoms with Gasteiger partial charge in [-0.3, -0.25) is 4.99 Å². The lowest BCUT2D eigenvalue weighted by Gasteiger charge is -2.09. The van der Waals surface area contributed by atoms with Gasteiger partial charge in [0.15, 0.2) is 5.88 Å². The minimum Gasteiger partial charge on any atom is -0.495 e. The second kappa shape index (κ2) is 2.53. The predicted molar refractivity (Wildman–Crippen MR) is 36.4 cm³/mol. The molecule has 1 aliphatic heterocycles. The van der Waals surface area contributed by atoms with Crippen LogP contribution in [0, 0.1) is 0 Å². The highest BCUT2D eigenvalue weighted by Gasteiger charge is 2.01. The number of rotatable bonds is 1. The van der Waals surface area contributed by atoms with Crippen molar-refractivity contribution < 1.29 is 5.11 Å². The van der Waals surface area contributed by atoms with Crippen LogP contribution in [0.25, 0.3) is 0 Å². The Morgan fingerprint density at radius 1 is 1.89 bits per heavy atom. The van der Waals surface area contributed by atoms with Gasteiger partial charge in [0.1, 0.15) is 5.84 Å². The summed E-state index contributed by atoms with van der Waals surface area (Å²) in [5, 5.41) is 11.6. The van der Waals surface area contributed by atoms with Crippen molar-refractivity contribution in [1.82, 2.24) is 5.32 Å². The number of amidine groups is 1. The van der Waals surface area contributed by atoms with Crippen molar-refractivity contribution in [2.75, 3.05) is 6.54 Å². The first kappa shape index (κ1) is 6.13. The van der Waals surface area contributed by atoms with E-state index in [1.54, 1.807) is 6.08 Å². The maximum absolute atomic E-state index is 8.88. The molecule has 0 aromatic carbocycles. The highest BCUT2D eigenvalue weighted by Crippen LogP contribution is 1.94. The Kier molecular flexibility index (Phi) is 1.72. The van der Waals surface area contributed by atoms with Gasteiger partial charge in [0.2, 0.25) is 0 Å². The van der Waals surface area contributed by atoms with E-state index < -0.39 is 0 Å². The average Bonchev–Trinajstić information content (AvgIpc) is 1.88. The highest BCUT2D eigenvalue weighted by molar-refractivity contribution is 5.83. The second-order valence-corrected chi connectivity index (χ2v) is 1.86. The van der Waals surface area contributed by atoms with E-state index in [1.807, 2.05) is 6.92 Å². The first-order valence-corrected chi connectivity index (χ1v) is 3.02. The van der Waals surface area contributed by atoms with Crippen LogP contribution in [0.3, 0.4) is 0 Å². The summed E-state index contributed by atoms with van der Waals surface area (Å²) in [6, 6.07) is 0. The van der Waals surface area contributed by atoms with Crippen molar-refractivity contribution in [3.05, 3.63) is 12.0 Å². The summed E-state index contributed by atoms with van der Waals surface area (Å²) < 4.78 is 0. The largest absolute Gasteiger partial charge is 0.495 e. The molecule has 0 unspecified atom stereocenters. The van der Waals surface area contributed by atoms with Gasteiger partial charge in [-0.25, -0.2) is 0 Å². The van der Waals surface area contributed by atoms with E-state index in [4.69, 9.17) is 5.11 Å². The fourth-order valence-electron chi connectivity index (χ4n) is 0.681. The van der Waals surface area contributed by atoms with Gasteiger partial charge in [-0.15, -0.1) is 0 Å². The van der Waals surface area contributed by atoms with Gasteiger partial charge >= 0.3 is 0 Å². The topological polar surface area (TPSA) is 44.6 Å². The number of aliphatic hydroxyl groups excluding tert-OH is 1. The maximum atomic E-state index is 8.88. The van der Waals surface area contributed by atoms with E-state index >= 15 is 0 Å². The molecule has 2 N–H and O–H groups in total. The molecule has 1 heterocycles. The van der Waals surface area contributed by atoms with Gasteiger partial charge in [-0.05, 0) is 6.08 Å². The normalized spacial score (nSPS) is 17.9. The van der Waals surface area contributed by atoms with E-state index in [1.165, 1.54) is 0 Å². The fraction of sp³-hybridized carbons (Fsp3) is 0.500. The van der Waals surface area contributed by atoms with Crippen LogP contribution in [0.1, 0.15) is 13.3 Å². The molecule has 0 fully saturated rings. The minimum atomic E-state index is 0.224. The van der Waals surface area contributed by atoms with Crippen LogP contribution in [-0.4, -0.2) is 17.5 Å². The number of aliphatic imine (C=N–C) groups is 1. The van der Waals surface area contributed by atoms with Crippen LogP contribution >= 0.6 is 0 Å². The zero-order valence-electron chi connectivity index (χ0n) is 5.39. The molecule has 0 radical (unpaired) electrons. The Morgan fingerprint density at radius 3 is 3.11 bits per heavy atom. The Bertz CT molecular complexity index is 160. The molecule has 1 rings (SSSR count). The molecule has 3 nitrogen and oxygen atoms in total. The SMILES string of the molecule is CCC1=NCC=C(O)N1. The summed E-state index contributed by atoms with van der Waals surface area (Å²) >= 11 is 0. The van der Waals surface area contributed by atoms with E-state index in [2.05, 4.69) is 10.3 Å². The Morgan fingerprint density at radius 2 is 2.67 bits per heavy atom. The van der Waals surface area contributed by atoms with E-state index in [-0.39, 0.29) is 5.88 Å². The molecular formula is C6H10N2O. The van der Waals surface area contributed by atoms with Crippen LogP contribution in [0.2, 0.25) is 0 Å². The third kappa shape index (κ3) is 1.45. The lowest BCUT2D eigenvalue weighted by Crippen LogP contribution is -2.25. The molecule has 0 atom stereocenters. The first-order valence-electron chi connectivity index (χ1n) is 3.02. The van der Waals surface area contributed by atoms with E-state index in [0.29, 0.717) is 6.54 Å². The van der Waals surface area contributed by atoms with Crippen molar-refractivity contribution in [1.29, 1.82) is 0 Å². The quantitative estimate of drug-likeness (QED) is 0.545. The molecule has 1 aliphatic rings. The van der Waals surface area contributed by atoms with Crippen molar-refractivity contribution in [2.45, 2.75) is 13.3 Å². The monoisotopic (exact) mass is 126 g/mol. The van der Waals surface area contributed by atoms with Crippen LogP contribution in [0.15, 0.2) is 17.0 Å². The lowest BCUT2D eigenvalue weighted by atomic mass is 10.4. The number of nitrogens with one attached hydrogen (secondary N) is 1. The summed E-state index contributed by atoms with van der Waals surface area (Å²) in [7, 11) is 0. The molecule has 0 aromatic heterocycles. The van der Waals surface area contributed by atoms with Crippen LogP contribution in [0.5, 0.6) is 0 Å². The Balaban J connectivity index is 2.51. The number of hydrogen-bond donors (Lipinski definition) is 2. The lowest BCUT2D eigenvalue weighted by molar-refractivity contribution is 0.383. The van der Waals surface area contributed by atoms with Gasteiger partial charge in [0.25, 0.3) is 0 Å². The third-order valence-electron chi connectivity index (χ3n) is 1.17. The van der Waals surface area contributed by atoms with Gasteiger partial charge in [-0.1, -0.05) is 6.92 Å². The Labute approximate surface area is 54.1 Å². The summed E-state index contributed by atoms with van der Waals surface area (Å²) in [6.07, 6.45) is 2.48. The molecule has 50 valence electrons. The van der Waals surface area contributed by atoms with E-state index in [0.717, 1.165) is 12.3 Å². The number of nitrogens with zero attached hydrogens (tertiary/aromatic N) is 1. The molecule has 0 bridgehead atoms. The molecule has 0 saturated carbocycles. The third-order valence-corrected chi connectivity index (χ3v) is 1.17. The summed E-state index contributed by atoms with van der Waals surface area (Å²) in [6.45, 7) is 2.59. The molecule has 0 aliphatic carbocycles. The fourth-order valence-corrected chi connectivity index (χ4v) is 0.681. The molecule has 9 heavy (non-hydrogen) atoms. The zero-order valence-corrected chi connectivity index (χ0v) is 5.39. The van der Waals surface area contributed by atoms with Crippen molar-refractivity contribution in [2.24, 2.45) is 4.99 Å². The predicted octanol–water partition coefficient (Wildman–Crippen LogP) is 0.797. The average molecular weight is 126 g/mol. The zero-order chi connectivity index (χ0) is 6.69. The van der Waals surface area contributed by atoms with Gasteiger partial charge in [-0.2, -0.15) is 0 Å². The minimum absolute atomic E-state index is 0.224. The Hall–Kier alpha value is -0.990. The van der Waals surface area contributed by atoms with Crippen molar-refractivity contribution in [3.8, 4) is 0 Å². The van der Waals surface area contributed by atoms with Gasteiger partial charge in [0.05, 0.1) is 6.54 Å². The smallest absolute Gasteiger partial charge is 0.187 e. The summed E-state index contributed by atoms with van der Waals surface area (Å²) in [5.41, 5.74) is 0. The summed E-state index contributed by atoms with van der Waals surface area (Å²) in [5.74, 6) is 1.08. The van der Waals surface area contributed by atoms with Crippen LogP contribution in [-0.2, 0) is 0 Å². The molecule has 0 spiro atoms. The maximum Gasteiger partial charge on any atom is 0.187 e. The highest BCUT2D eigenvalue weighted by atomic mass is 16.3. The molecule has 0 saturated heterocycles. The molecule has 0 aromatic rings. The first-order chi connectivity index (χ1) is 4.33. The second-order valence-electron chi connectivity index (χ2n) is 1.86. The number of hydrogen-bond acceptors (Lipinski definition) is 3. The standard InChI is InChI=1S/C6H10N2O/c1-2-5-7-4-3-6(9)8-5/h3,9H,2,4H2,1H3,(H,7,8). The molecule has 0 amide bonds. The van der Waals surface area contributed by atoms with Crippen molar-refractivity contribution in [3.63, 3.8) is 0 Å². The van der Waals surface area contributed by atoms with Gasteiger partial charge < -0.3 is 10.4 Å². The van der Waals surface area contributed by atoms with E-state index in [9.17, 15) is 0 Å². The molecule has 3 heteroatoms. The molecular weight excluding hydrogens is 116 g/mol. The summed E-state index contributed by atoms with van der Waals surface area (Å²) in [4.78, 5) is 4.07. The van der Waals surface area contributed by atoms with Gasteiger partial charge in [0, 0.05) is 6.42 Å². The van der Waals surface area contributed by atoms with Crippen LogP contribution < -0.4 is 5.32 Å². The van der Waals surface area contributed by atoms with Crippen molar-refractivity contribution >= 4 is 5.84 Å².